The molecule has 0 radical (unpaired) electrons. The zero-order valence-corrected chi connectivity index (χ0v) is 15.1. The Morgan fingerprint density at radius 1 is 1.45 bits per heavy atom. The molecule has 0 aliphatic heterocycles. The molecule has 0 aliphatic carbocycles. The highest BCUT2D eigenvalue weighted by atomic mass is 35.5. The van der Waals surface area contributed by atoms with Gasteiger partial charge in [0.15, 0.2) is 14.9 Å². The summed E-state index contributed by atoms with van der Waals surface area (Å²) in [5, 5.41) is 12.3. The monoisotopic (exact) mass is 361 g/mol. The molecule has 120 valence electrons. The van der Waals surface area contributed by atoms with Crippen LogP contribution in [0, 0.1) is 6.92 Å². The van der Waals surface area contributed by atoms with Crippen molar-refractivity contribution >= 4 is 50.0 Å². The van der Waals surface area contributed by atoms with Crippen LogP contribution in [-0.2, 0) is 16.3 Å². The van der Waals surface area contributed by atoms with Crippen LogP contribution in [0.3, 0.4) is 0 Å². The zero-order valence-electron chi connectivity index (χ0n) is 12.7. The number of nitrogens with one attached hydrogen (secondary N) is 1. The lowest BCUT2D eigenvalue weighted by molar-refractivity contribution is 0.527. The molecule has 6 nitrogen and oxygen atoms in total. The number of thiophene rings is 1. The second-order valence-electron chi connectivity index (χ2n) is 5.35. The van der Waals surface area contributed by atoms with E-state index in [1.807, 2.05) is 13.8 Å². The molecule has 2 N–H and O–H groups in total. The zero-order chi connectivity index (χ0) is 16.7. The third-order valence-electron chi connectivity index (χ3n) is 3.17. The van der Waals surface area contributed by atoms with Crippen molar-refractivity contribution in [1.82, 2.24) is 15.2 Å². The number of sulfone groups is 1. The molecule has 0 spiro atoms. The number of aromatic nitrogens is 2. The van der Waals surface area contributed by atoms with Crippen molar-refractivity contribution in [2.75, 3.05) is 6.26 Å². The first-order valence-corrected chi connectivity index (χ1v) is 9.78. The molecule has 2 aromatic rings. The lowest BCUT2D eigenvalue weighted by Crippen LogP contribution is -2.39. The third kappa shape index (κ3) is 3.77. The molecule has 0 amide bonds. The SMILES string of the molecule is CB(O)N[C@H](C)Cc1sc2c(S(C)(=O)=O)nc(Cl)nc2c1C. The minimum absolute atomic E-state index is 0.0296. The Kier molecular flexibility index (Phi) is 5.13. The number of fused-ring (bicyclic) bond motifs is 1. The van der Waals surface area contributed by atoms with E-state index in [1.54, 1.807) is 6.82 Å². The Bertz CT molecular complexity index is 808. The van der Waals surface area contributed by atoms with Gasteiger partial charge in [0.05, 0.1) is 10.2 Å². The molecule has 0 aliphatic rings. The van der Waals surface area contributed by atoms with Crippen LogP contribution in [0.1, 0.15) is 17.4 Å². The van der Waals surface area contributed by atoms with Crippen LogP contribution in [0.4, 0.5) is 0 Å². The van der Waals surface area contributed by atoms with Crippen molar-refractivity contribution in [3.8, 4) is 0 Å². The molecule has 1 atom stereocenters. The van der Waals surface area contributed by atoms with Gasteiger partial charge in [-0.15, -0.1) is 11.3 Å². The summed E-state index contributed by atoms with van der Waals surface area (Å²) in [7, 11) is -4.09. The number of hydrogen-bond acceptors (Lipinski definition) is 7. The molecule has 0 saturated carbocycles. The Morgan fingerprint density at radius 2 is 2.09 bits per heavy atom. The summed E-state index contributed by atoms with van der Waals surface area (Å²) in [5.74, 6) is 0. The van der Waals surface area contributed by atoms with Gasteiger partial charge in [0.2, 0.25) is 5.28 Å². The highest BCUT2D eigenvalue weighted by Crippen LogP contribution is 2.34. The van der Waals surface area contributed by atoms with E-state index >= 15 is 0 Å². The minimum Gasteiger partial charge on any atom is -0.437 e. The Balaban J connectivity index is 2.54. The highest BCUT2D eigenvalue weighted by molar-refractivity contribution is 7.91. The Morgan fingerprint density at radius 3 is 2.64 bits per heavy atom. The molecule has 0 aromatic carbocycles. The van der Waals surface area contributed by atoms with Gasteiger partial charge in [0.1, 0.15) is 0 Å². The fraction of sp³-hybridized carbons (Fsp3) is 0.500. The van der Waals surface area contributed by atoms with Crippen molar-refractivity contribution in [2.24, 2.45) is 0 Å². The van der Waals surface area contributed by atoms with Crippen LogP contribution in [0.25, 0.3) is 10.2 Å². The summed E-state index contributed by atoms with van der Waals surface area (Å²) >= 11 is 7.22. The summed E-state index contributed by atoms with van der Waals surface area (Å²) in [6, 6.07) is 0.0388. The average molecular weight is 362 g/mol. The lowest BCUT2D eigenvalue weighted by atomic mass is 9.87. The molecule has 22 heavy (non-hydrogen) atoms. The van der Waals surface area contributed by atoms with Crippen LogP contribution in [0.15, 0.2) is 5.03 Å². The van der Waals surface area contributed by atoms with Crippen LogP contribution >= 0.6 is 22.9 Å². The number of aryl methyl sites for hydroxylation is 1. The Hall–Kier alpha value is -0.735. The molecule has 2 aromatic heterocycles. The molecule has 10 heteroatoms. The van der Waals surface area contributed by atoms with E-state index in [0.717, 1.165) is 16.7 Å². The van der Waals surface area contributed by atoms with Crippen LogP contribution in [0.2, 0.25) is 12.1 Å². The molecule has 0 unspecified atom stereocenters. The quantitative estimate of drug-likeness (QED) is 0.478. The summed E-state index contributed by atoms with van der Waals surface area (Å²) < 4.78 is 24.3. The minimum atomic E-state index is -3.48. The summed E-state index contributed by atoms with van der Waals surface area (Å²) in [5.41, 5.74) is 1.47. The number of nitrogens with zero attached hydrogens (tertiary/aromatic N) is 2. The molecule has 0 saturated heterocycles. The maximum Gasteiger partial charge on any atom is 0.373 e. The van der Waals surface area contributed by atoms with Crippen molar-refractivity contribution in [3.05, 3.63) is 15.7 Å². The predicted molar refractivity (Wildman–Crippen MR) is 90.4 cm³/mol. The topological polar surface area (TPSA) is 92.2 Å². The predicted octanol–water partition coefficient (Wildman–Crippen LogP) is 1.69. The van der Waals surface area contributed by atoms with Gasteiger partial charge >= 0.3 is 7.05 Å². The van der Waals surface area contributed by atoms with Gasteiger partial charge in [-0.3, -0.25) is 0 Å². The van der Waals surface area contributed by atoms with Gasteiger partial charge in [0, 0.05) is 17.2 Å². The van der Waals surface area contributed by atoms with Crippen LogP contribution in [-0.4, -0.2) is 42.8 Å². The first kappa shape index (κ1) is 17.6. The summed E-state index contributed by atoms with van der Waals surface area (Å²) in [6.45, 7) is 5.49. The van der Waals surface area contributed by atoms with Crippen LogP contribution in [0.5, 0.6) is 0 Å². The van der Waals surface area contributed by atoms with Crippen molar-refractivity contribution in [2.45, 2.75) is 38.2 Å². The molecule has 0 fully saturated rings. The van der Waals surface area contributed by atoms with Gasteiger partial charge in [-0.25, -0.2) is 18.4 Å². The second kappa shape index (κ2) is 6.41. The van der Waals surface area contributed by atoms with E-state index in [4.69, 9.17) is 11.6 Å². The number of halogens is 1. The van der Waals surface area contributed by atoms with E-state index < -0.39 is 16.9 Å². The highest BCUT2D eigenvalue weighted by Gasteiger charge is 2.22. The van der Waals surface area contributed by atoms with E-state index in [0.29, 0.717) is 16.6 Å². The van der Waals surface area contributed by atoms with E-state index in [9.17, 15) is 13.4 Å². The standard InChI is InChI=1S/C12H17BClN3O3S2/c1-6(17-13(3)18)5-8-7(2)9-10(21-8)11(22(4,19)20)16-12(14)15-9/h6,17-18H,5H2,1-4H3/t6-/m1/s1. The second-order valence-corrected chi connectivity index (χ2v) is 8.72. The average Bonchev–Trinajstić information content (AvgIpc) is 2.64. The maximum atomic E-state index is 11.9. The van der Waals surface area contributed by atoms with Gasteiger partial charge < -0.3 is 10.3 Å². The molecule has 2 heterocycles. The van der Waals surface area contributed by atoms with Gasteiger partial charge in [-0.05, 0) is 37.3 Å². The smallest absolute Gasteiger partial charge is 0.373 e. The van der Waals surface area contributed by atoms with Crippen molar-refractivity contribution in [3.63, 3.8) is 0 Å². The molecule has 2 rings (SSSR count). The lowest BCUT2D eigenvalue weighted by Gasteiger charge is -2.13. The first-order valence-electron chi connectivity index (χ1n) is 6.69. The fourth-order valence-corrected chi connectivity index (χ4v) is 5.02. The number of hydrogen-bond donors (Lipinski definition) is 2. The third-order valence-corrected chi connectivity index (χ3v) is 5.78. The van der Waals surface area contributed by atoms with Crippen LogP contribution < -0.4 is 5.23 Å². The molecule has 0 bridgehead atoms. The van der Waals surface area contributed by atoms with E-state index in [-0.39, 0.29) is 16.4 Å². The Labute approximate surface area is 139 Å². The van der Waals surface area contributed by atoms with Crippen molar-refractivity contribution < 1.29 is 13.4 Å². The van der Waals surface area contributed by atoms with E-state index in [1.165, 1.54) is 11.3 Å². The number of rotatable bonds is 5. The normalized spacial score (nSPS) is 13.5. The maximum absolute atomic E-state index is 11.9. The van der Waals surface area contributed by atoms with Gasteiger partial charge in [0.25, 0.3) is 0 Å². The van der Waals surface area contributed by atoms with Gasteiger partial charge in [-0.2, -0.15) is 0 Å². The fourth-order valence-electron chi connectivity index (χ4n) is 2.28. The first-order chi connectivity index (χ1) is 10.1. The largest absolute Gasteiger partial charge is 0.437 e. The van der Waals surface area contributed by atoms with Gasteiger partial charge in [-0.1, -0.05) is 6.92 Å². The molecular weight excluding hydrogens is 345 g/mol. The van der Waals surface area contributed by atoms with E-state index in [2.05, 4.69) is 15.2 Å². The molecular formula is C12H17BClN3O3S2. The summed E-state index contributed by atoms with van der Waals surface area (Å²) in [6.07, 6.45) is 1.76. The summed E-state index contributed by atoms with van der Waals surface area (Å²) in [4.78, 5) is 9.04. The van der Waals surface area contributed by atoms with Crippen molar-refractivity contribution in [1.29, 1.82) is 0 Å².